The first kappa shape index (κ1) is 17.8. The third-order valence-electron chi connectivity index (χ3n) is 3.89. The number of pyridine rings is 1. The highest BCUT2D eigenvalue weighted by atomic mass is 35.5. The summed E-state index contributed by atoms with van der Waals surface area (Å²) in [5.41, 5.74) is 1.70. The Balaban J connectivity index is 1.70. The molecule has 0 aliphatic rings. The summed E-state index contributed by atoms with van der Waals surface area (Å²) in [5.74, 6) is 0.648. The highest BCUT2D eigenvalue weighted by molar-refractivity contribution is 7.90. The van der Waals surface area contributed by atoms with Crippen LogP contribution in [0.4, 0.5) is 11.5 Å². The smallest absolute Gasteiger partial charge is 0.175 e. The lowest BCUT2D eigenvalue weighted by Gasteiger charge is -2.07. The Hall–Kier alpha value is -2.55. The minimum absolute atomic E-state index is 0.272. The van der Waals surface area contributed by atoms with Gasteiger partial charge in [-0.3, -0.25) is 0 Å². The third-order valence-corrected chi connectivity index (χ3v) is 6.31. The molecular formula is C18H13ClN4O2S2. The number of halogens is 1. The number of thiophene rings is 1. The molecule has 6 nitrogen and oxygen atoms in total. The lowest BCUT2D eigenvalue weighted by molar-refractivity contribution is 0.602. The summed E-state index contributed by atoms with van der Waals surface area (Å²) in [7, 11) is -3.23. The third kappa shape index (κ3) is 3.78. The van der Waals surface area contributed by atoms with Crippen LogP contribution in [0.3, 0.4) is 0 Å². The fourth-order valence-corrected chi connectivity index (χ4v) is 4.37. The van der Waals surface area contributed by atoms with Crippen molar-refractivity contribution in [3.63, 3.8) is 0 Å². The number of hydrogen-bond acceptors (Lipinski definition) is 7. The molecule has 9 heteroatoms. The zero-order chi connectivity index (χ0) is 19.0. The summed E-state index contributed by atoms with van der Waals surface area (Å²) in [6, 6.07) is 12.2. The van der Waals surface area contributed by atoms with E-state index in [1.54, 1.807) is 36.5 Å². The zero-order valence-corrected chi connectivity index (χ0v) is 16.4. The van der Waals surface area contributed by atoms with Crippen LogP contribution in [0.5, 0.6) is 0 Å². The van der Waals surface area contributed by atoms with E-state index in [1.165, 1.54) is 23.9 Å². The van der Waals surface area contributed by atoms with E-state index in [4.69, 9.17) is 11.6 Å². The van der Waals surface area contributed by atoms with Gasteiger partial charge in [0.2, 0.25) is 0 Å². The molecule has 3 aromatic heterocycles. The largest absolute Gasteiger partial charge is 0.340 e. The quantitative estimate of drug-likeness (QED) is 0.491. The Morgan fingerprint density at radius 3 is 2.52 bits per heavy atom. The molecule has 0 aliphatic carbocycles. The van der Waals surface area contributed by atoms with Crippen LogP contribution in [0.2, 0.25) is 5.15 Å². The number of anilines is 2. The van der Waals surface area contributed by atoms with Gasteiger partial charge in [0, 0.05) is 23.0 Å². The minimum atomic E-state index is -3.23. The number of fused-ring (bicyclic) bond motifs is 1. The van der Waals surface area contributed by atoms with Crippen molar-refractivity contribution in [2.75, 3.05) is 11.6 Å². The molecule has 0 fully saturated rings. The summed E-state index contributed by atoms with van der Waals surface area (Å²) in [4.78, 5) is 14.8. The molecule has 3 heterocycles. The van der Waals surface area contributed by atoms with Crippen molar-refractivity contribution in [1.82, 2.24) is 15.0 Å². The van der Waals surface area contributed by atoms with Crippen LogP contribution in [0.15, 0.2) is 59.9 Å². The van der Waals surface area contributed by atoms with Crippen molar-refractivity contribution >= 4 is 54.5 Å². The molecule has 0 aliphatic heterocycles. The zero-order valence-electron chi connectivity index (χ0n) is 14.0. The van der Waals surface area contributed by atoms with Crippen LogP contribution in [-0.2, 0) is 9.84 Å². The van der Waals surface area contributed by atoms with Gasteiger partial charge in [0.1, 0.15) is 22.1 Å². The SMILES string of the molecule is CS(=O)(=O)c1ccc(Nc2ncnc3sc(-c4ccnc(Cl)c4)cc23)cc1. The van der Waals surface area contributed by atoms with E-state index in [9.17, 15) is 8.42 Å². The normalized spacial score (nSPS) is 11.6. The standard InChI is InChI=1S/C18H13ClN4O2S2/c1-27(24,25)13-4-2-12(3-5-13)23-17-14-9-15(26-18(14)22-10-21-17)11-6-7-20-16(19)8-11/h2-10H,1H3,(H,21,22,23). The minimum Gasteiger partial charge on any atom is -0.340 e. The topological polar surface area (TPSA) is 84.8 Å². The highest BCUT2D eigenvalue weighted by Gasteiger charge is 2.12. The predicted octanol–water partition coefficient (Wildman–Crippen LogP) is 4.55. The van der Waals surface area contributed by atoms with Gasteiger partial charge in [-0.2, -0.15) is 0 Å². The van der Waals surface area contributed by atoms with Crippen molar-refractivity contribution < 1.29 is 8.42 Å². The van der Waals surface area contributed by atoms with Crippen LogP contribution < -0.4 is 5.32 Å². The summed E-state index contributed by atoms with van der Waals surface area (Å²) in [6.45, 7) is 0. The van der Waals surface area contributed by atoms with Gasteiger partial charge in [0.25, 0.3) is 0 Å². The summed E-state index contributed by atoms with van der Waals surface area (Å²) < 4.78 is 23.2. The number of hydrogen-bond donors (Lipinski definition) is 1. The average molecular weight is 417 g/mol. The summed E-state index contributed by atoms with van der Waals surface area (Å²) in [5, 5.41) is 4.53. The van der Waals surface area contributed by atoms with Gasteiger partial charge in [-0.25, -0.2) is 23.4 Å². The molecule has 4 aromatic rings. The molecular weight excluding hydrogens is 404 g/mol. The Morgan fingerprint density at radius 2 is 1.81 bits per heavy atom. The first-order chi connectivity index (χ1) is 12.9. The van der Waals surface area contributed by atoms with Crippen LogP contribution in [0.1, 0.15) is 0 Å². The Morgan fingerprint density at radius 1 is 1.04 bits per heavy atom. The van der Waals surface area contributed by atoms with Crippen LogP contribution in [0.25, 0.3) is 20.7 Å². The number of aromatic nitrogens is 3. The van der Waals surface area contributed by atoms with E-state index in [-0.39, 0.29) is 4.90 Å². The van der Waals surface area contributed by atoms with Gasteiger partial charge in [-0.15, -0.1) is 11.3 Å². The molecule has 0 bridgehead atoms. The fourth-order valence-electron chi connectivity index (χ4n) is 2.58. The van der Waals surface area contributed by atoms with Crippen molar-refractivity contribution in [1.29, 1.82) is 0 Å². The second kappa shape index (κ2) is 6.88. The first-order valence-electron chi connectivity index (χ1n) is 7.84. The lowest BCUT2D eigenvalue weighted by atomic mass is 10.2. The molecule has 1 N–H and O–H groups in total. The molecule has 0 amide bonds. The average Bonchev–Trinajstić information content (AvgIpc) is 3.07. The van der Waals surface area contributed by atoms with Crippen molar-refractivity contribution in [3.05, 3.63) is 60.1 Å². The van der Waals surface area contributed by atoms with Gasteiger partial charge in [-0.1, -0.05) is 11.6 Å². The van der Waals surface area contributed by atoms with E-state index >= 15 is 0 Å². The Labute approximate surface area is 164 Å². The van der Waals surface area contributed by atoms with E-state index in [1.807, 2.05) is 12.1 Å². The van der Waals surface area contributed by atoms with Crippen LogP contribution in [0, 0.1) is 0 Å². The fraction of sp³-hybridized carbons (Fsp3) is 0.0556. The number of nitrogens with zero attached hydrogens (tertiary/aromatic N) is 3. The van der Waals surface area contributed by atoms with Crippen molar-refractivity contribution in [2.24, 2.45) is 0 Å². The molecule has 0 saturated heterocycles. The number of rotatable bonds is 4. The molecule has 0 atom stereocenters. The van der Waals surface area contributed by atoms with Crippen molar-refractivity contribution in [3.8, 4) is 10.4 Å². The van der Waals surface area contributed by atoms with Gasteiger partial charge in [0.15, 0.2) is 9.84 Å². The van der Waals surface area contributed by atoms with Gasteiger partial charge in [-0.05, 0) is 48.0 Å². The molecule has 0 radical (unpaired) electrons. The summed E-state index contributed by atoms with van der Waals surface area (Å²) in [6.07, 6.45) is 4.34. The summed E-state index contributed by atoms with van der Waals surface area (Å²) >= 11 is 7.52. The number of sulfone groups is 1. The number of benzene rings is 1. The molecule has 0 spiro atoms. The molecule has 0 saturated carbocycles. The molecule has 1 aromatic carbocycles. The second-order valence-electron chi connectivity index (χ2n) is 5.84. The molecule has 0 unspecified atom stereocenters. The van der Waals surface area contributed by atoms with E-state index < -0.39 is 9.84 Å². The predicted molar refractivity (Wildman–Crippen MR) is 108 cm³/mol. The maximum Gasteiger partial charge on any atom is 0.175 e. The van der Waals surface area contributed by atoms with E-state index in [0.717, 1.165) is 26.3 Å². The molecule has 27 heavy (non-hydrogen) atoms. The number of nitrogens with one attached hydrogen (secondary N) is 1. The monoisotopic (exact) mass is 416 g/mol. The van der Waals surface area contributed by atoms with E-state index in [0.29, 0.717) is 11.0 Å². The lowest BCUT2D eigenvalue weighted by Crippen LogP contribution is -1.98. The maximum atomic E-state index is 11.6. The van der Waals surface area contributed by atoms with Gasteiger partial charge < -0.3 is 5.32 Å². The Kier molecular flexibility index (Phi) is 4.55. The maximum absolute atomic E-state index is 11.6. The van der Waals surface area contributed by atoms with Crippen molar-refractivity contribution in [2.45, 2.75) is 4.90 Å². The van der Waals surface area contributed by atoms with Gasteiger partial charge >= 0.3 is 0 Å². The van der Waals surface area contributed by atoms with Crippen LogP contribution in [-0.4, -0.2) is 29.6 Å². The first-order valence-corrected chi connectivity index (χ1v) is 10.9. The second-order valence-corrected chi connectivity index (χ2v) is 9.27. The van der Waals surface area contributed by atoms with Gasteiger partial charge in [0.05, 0.1) is 10.3 Å². The molecule has 4 rings (SSSR count). The van der Waals surface area contributed by atoms with Crippen LogP contribution >= 0.6 is 22.9 Å². The van der Waals surface area contributed by atoms with E-state index in [2.05, 4.69) is 20.3 Å². The molecule has 136 valence electrons. The Bertz CT molecular complexity index is 1240. The highest BCUT2D eigenvalue weighted by Crippen LogP contribution is 2.36.